The van der Waals surface area contributed by atoms with E-state index in [1.54, 1.807) is 19.2 Å². The summed E-state index contributed by atoms with van der Waals surface area (Å²) in [5.41, 5.74) is 1.22. The number of likely N-dealkylation sites (tertiary alicyclic amines) is 1. The molecule has 1 aromatic carbocycles. The lowest BCUT2D eigenvalue weighted by Gasteiger charge is -2.40. The summed E-state index contributed by atoms with van der Waals surface area (Å²) in [5.74, 6) is 0.706. The molecule has 0 aromatic heterocycles. The van der Waals surface area contributed by atoms with Gasteiger partial charge < -0.3 is 14.9 Å². The highest BCUT2D eigenvalue weighted by molar-refractivity contribution is 5.41. The van der Waals surface area contributed by atoms with Gasteiger partial charge in [-0.15, -0.1) is 0 Å². The molecule has 0 aliphatic carbocycles. The fourth-order valence-corrected chi connectivity index (χ4v) is 2.90. The fourth-order valence-electron chi connectivity index (χ4n) is 2.90. The summed E-state index contributed by atoms with van der Waals surface area (Å²) < 4.78 is 5.05. The number of aromatic hydroxyl groups is 1. The molecule has 0 spiro atoms. The van der Waals surface area contributed by atoms with Crippen LogP contribution < -0.4 is 4.74 Å². The first kappa shape index (κ1) is 15.1. The van der Waals surface area contributed by atoms with Gasteiger partial charge in [0.1, 0.15) is 0 Å². The number of ether oxygens (including phenoxy) is 1. The molecule has 0 unspecified atom stereocenters. The number of phenolic OH excluding ortho intramolecular Hbond substituents is 1. The maximum Gasteiger partial charge on any atom is 0.160 e. The van der Waals surface area contributed by atoms with Crippen molar-refractivity contribution in [2.24, 2.45) is 5.41 Å². The molecule has 20 heavy (non-hydrogen) atoms. The maximum absolute atomic E-state index is 9.80. The molecule has 4 heteroatoms. The van der Waals surface area contributed by atoms with Gasteiger partial charge in [-0.25, -0.2) is 0 Å². The third-order valence-electron chi connectivity index (χ3n) is 4.65. The summed E-state index contributed by atoms with van der Waals surface area (Å²) in [7, 11) is 1.55. The van der Waals surface area contributed by atoms with E-state index in [2.05, 4.69) is 11.8 Å². The van der Waals surface area contributed by atoms with E-state index in [4.69, 9.17) is 4.74 Å². The number of aliphatic hydroxyl groups excluding tert-OH is 1. The number of methoxy groups -OCH3 is 1. The molecule has 112 valence electrons. The number of benzene rings is 1. The van der Waals surface area contributed by atoms with Crippen molar-refractivity contribution >= 4 is 0 Å². The molecule has 0 atom stereocenters. The van der Waals surface area contributed by atoms with E-state index in [-0.39, 0.29) is 11.2 Å². The molecule has 4 nitrogen and oxygen atoms in total. The average molecular weight is 279 g/mol. The van der Waals surface area contributed by atoms with Gasteiger partial charge in [-0.1, -0.05) is 13.0 Å². The van der Waals surface area contributed by atoms with Gasteiger partial charge in [0, 0.05) is 13.2 Å². The molecule has 0 bridgehead atoms. The molecule has 0 amide bonds. The summed E-state index contributed by atoms with van der Waals surface area (Å²) in [5, 5.41) is 19.3. The highest BCUT2D eigenvalue weighted by atomic mass is 16.5. The van der Waals surface area contributed by atoms with Gasteiger partial charge in [-0.3, -0.25) is 4.90 Å². The Bertz CT molecular complexity index is 433. The van der Waals surface area contributed by atoms with Crippen LogP contribution in [0.15, 0.2) is 18.2 Å². The van der Waals surface area contributed by atoms with Crippen molar-refractivity contribution in [3.63, 3.8) is 0 Å². The number of hydrogen-bond acceptors (Lipinski definition) is 4. The van der Waals surface area contributed by atoms with Crippen LogP contribution in [0, 0.1) is 5.41 Å². The first-order chi connectivity index (χ1) is 9.62. The van der Waals surface area contributed by atoms with E-state index < -0.39 is 0 Å². The minimum atomic E-state index is 0.124. The van der Waals surface area contributed by atoms with Crippen LogP contribution in [-0.4, -0.2) is 41.9 Å². The van der Waals surface area contributed by atoms with Crippen LogP contribution in [0.3, 0.4) is 0 Å². The van der Waals surface area contributed by atoms with Crippen LogP contribution in [0.4, 0.5) is 0 Å². The van der Waals surface area contributed by atoms with Crippen molar-refractivity contribution in [1.82, 2.24) is 4.90 Å². The number of nitrogens with zero attached hydrogens (tertiary/aromatic N) is 1. The summed E-state index contributed by atoms with van der Waals surface area (Å²) in [6.45, 7) is 5.29. The molecular formula is C16H25NO3. The van der Waals surface area contributed by atoms with Crippen LogP contribution in [0.5, 0.6) is 11.5 Å². The maximum atomic E-state index is 9.80. The second kappa shape index (κ2) is 6.46. The molecule has 0 saturated carbocycles. The van der Waals surface area contributed by atoms with E-state index in [0.717, 1.165) is 44.5 Å². The number of aliphatic hydroxyl groups is 1. The van der Waals surface area contributed by atoms with E-state index in [0.29, 0.717) is 12.4 Å². The number of piperidine rings is 1. The van der Waals surface area contributed by atoms with Crippen molar-refractivity contribution in [3.8, 4) is 11.5 Å². The van der Waals surface area contributed by atoms with Gasteiger partial charge in [0.2, 0.25) is 0 Å². The Morgan fingerprint density at radius 3 is 2.50 bits per heavy atom. The smallest absolute Gasteiger partial charge is 0.160 e. The standard InChI is InChI=1S/C16H25NO3/c1-3-16(12-18)6-8-17(9-7-16)11-13-4-5-15(20-2)14(19)10-13/h4-5,10,18-19H,3,6-9,11-12H2,1-2H3. The third kappa shape index (κ3) is 3.25. The predicted molar refractivity (Wildman–Crippen MR) is 79.0 cm³/mol. The van der Waals surface area contributed by atoms with Gasteiger partial charge in [-0.2, -0.15) is 0 Å². The lowest BCUT2D eigenvalue weighted by atomic mass is 9.77. The zero-order chi connectivity index (χ0) is 14.6. The number of hydrogen-bond donors (Lipinski definition) is 2. The van der Waals surface area contributed by atoms with Crippen LogP contribution in [0.1, 0.15) is 31.7 Å². The molecular weight excluding hydrogens is 254 g/mol. The monoisotopic (exact) mass is 279 g/mol. The third-order valence-corrected chi connectivity index (χ3v) is 4.65. The minimum absolute atomic E-state index is 0.124. The highest BCUT2D eigenvalue weighted by Crippen LogP contribution is 2.35. The Balaban J connectivity index is 1.94. The second-order valence-corrected chi connectivity index (χ2v) is 5.79. The van der Waals surface area contributed by atoms with Crippen LogP contribution in [0.2, 0.25) is 0 Å². The lowest BCUT2D eigenvalue weighted by Crippen LogP contribution is -2.41. The molecule has 1 saturated heterocycles. The Morgan fingerprint density at radius 2 is 2.00 bits per heavy atom. The Labute approximate surface area is 121 Å². The normalized spacial score (nSPS) is 18.9. The van der Waals surface area contributed by atoms with Crippen molar-refractivity contribution in [3.05, 3.63) is 23.8 Å². The molecule has 1 aliphatic heterocycles. The number of phenols is 1. The SMILES string of the molecule is CCC1(CO)CCN(Cc2ccc(OC)c(O)c2)CC1. The van der Waals surface area contributed by atoms with E-state index in [1.165, 1.54) is 0 Å². The van der Waals surface area contributed by atoms with E-state index in [9.17, 15) is 10.2 Å². The van der Waals surface area contributed by atoms with Crippen LogP contribution >= 0.6 is 0 Å². The Morgan fingerprint density at radius 1 is 1.30 bits per heavy atom. The highest BCUT2D eigenvalue weighted by Gasteiger charge is 2.32. The molecule has 1 aromatic rings. The van der Waals surface area contributed by atoms with Gasteiger partial charge in [0.25, 0.3) is 0 Å². The Kier molecular flexibility index (Phi) is 4.89. The van der Waals surface area contributed by atoms with Gasteiger partial charge >= 0.3 is 0 Å². The number of rotatable bonds is 5. The first-order valence-corrected chi connectivity index (χ1v) is 7.31. The largest absolute Gasteiger partial charge is 0.504 e. The zero-order valence-electron chi connectivity index (χ0n) is 12.4. The van der Waals surface area contributed by atoms with Gasteiger partial charge in [-0.05, 0) is 55.5 Å². The molecule has 2 rings (SSSR count). The molecule has 1 fully saturated rings. The first-order valence-electron chi connectivity index (χ1n) is 7.31. The van der Waals surface area contributed by atoms with Gasteiger partial charge in [0.05, 0.1) is 7.11 Å². The molecule has 0 radical (unpaired) electrons. The summed E-state index contributed by atoms with van der Waals surface area (Å²) in [6, 6.07) is 5.57. The minimum Gasteiger partial charge on any atom is -0.504 e. The van der Waals surface area contributed by atoms with Crippen molar-refractivity contribution in [1.29, 1.82) is 0 Å². The summed E-state index contributed by atoms with van der Waals surface area (Å²) in [6.07, 6.45) is 3.13. The molecule has 2 N–H and O–H groups in total. The van der Waals surface area contributed by atoms with E-state index in [1.807, 2.05) is 6.07 Å². The van der Waals surface area contributed by atoms with Crippen molar-refractivity contribution in [2.75, 3.05) is 26.8 Å². The van der Waals surface area contributed by atoms with E-state index >= 15 is 0 Å². The lowest BCUT2D eigenvalue weighted by molar-refractivity contribution is 0.0382. The topological polar surface area (TPSA) is 52.9 Å². The zero-order valence-corrected chi connectivity index (χ0v) is 12.4. The second-order valence-electron chi connectivity index (χ2n) is 5.79. The fraction of sp³-hybridized carbons (Fsp3) is 0.625. The quantitative estimate of drug-likeness (QED) is 0.869. The Hall–Kier alpha value is -1.26. The van der Waals surface area contributed by atoms with Gasteiger partial charge in [0.15, 0.2) is 11.5 Å². The summed E-state index contributed by atoms with van der Waals surface area (Å²) >= 11 is 0. The molecule has 1 aliphatic rings. The van der Waals surface area contributed by atoms with Crippen LogP contribution in [-0.2, 0) is 6.54 Å². The average Bonchev–Trinajstić information content (AvgIpc) is 2.49. The summed E-state index contributed by atoms with van der Waals surface area (Å²) in [4.78, 5) is 2.38. The predicted octanol–water partition coefficient (Wildman–Crippen LogP) is 2.39. The van der Waals surface area contributed by atoms with Crippen molar-refractivity contribution in [2.45, 2.75) is 32.7 Å². The van der Waals surface area contributed by atoms with Crippen molar-refractivity contribution < 1.29 is 14.9 Å². The molecule has 1 heterocycles. The van der Waals surface area contributed by atoms with Crippen LogP contribution in [0.25, 0.3) is 0 Å².